The lowest BCUT2D eigenvalue weighted by atomic mass is 10.1. The summed E-state index contributed by atoms with van der Waals surface area (Å²) in [5.41, 5.74) is 8.37. The van der Waals surface area contributed by atoms with Gasteiger partial charge in [-0.05, 0) is 31.0 Å². The van der Waals surface area contributed by atoms with E-state index in [1.54, 1.807) is 0 Å². The smallest absolute Gasteiger partial charge is 0.0266 e. The molecule has 1 atom stereocenters. The molecule has 0 aliphatic rings. The average Bonchev–Trinajstić information content (AvgIpc) is 2.48. The van der Waals surface area contributed by atoms with Crippen LogP contribution in [0.25, 0.3) is 0 Å². The number of rotatable bonds is 6. The minimum absolute atomic E-state index is 0.126. The van der Waals surface area contributed by atoms with Crippen molar-refractivity contribution in [3.63, 3.8) is 0 Å². The minimum atomic E-state index is 0.126. The van der Waals surface area contributed by atoms with Crippen LogP contribution in [0.4, 0.5) is 0 Å². The zero-order valence-electron chi connectivity index (χ0n) is 13.8. The maximum atomic E-state index is 5.84. The third-order valence-electron chi connectivity index (χ3n) is 2.51. The molecule has 1 aromatic carbocycles. The lowest BCUT2D eigenvalue weighted by Crippen LogP contribution is -2.15. The number of unbranched alkanes of at least 4 members (excludes halogenated alkanes) is 1. The first-order chi connectivity index (χ1) is 9.24. The predicted molar refractivity (Wildman–Crippen MR) is 88.4 cm³/mol. The van der Waals surface area contributed by atoms with Gasteiger partial charge in [-0.3, -0.25) is 0 Å². The zero-order chi connectivity index (χ0) is 15.1. The highest BCUT2D eigenvalue weighted by Crippen LogP contribution is 2.11. The summed E-state index contributed by atoms with van der Waals surface area (Å²) in [5.74, 6) is 0. The van der Waals surface area contributed by atoms with E-state index in [9.17, 15) is 0 Å². The van der Waals surface area contributed by atoms with Crippen molar-refractivity contribution in [3.8, 4) is 0 Å². The fourth-order valence-corrected chi connectivity index (χ4v) is 1.52. The molecule has 19 heavy (non-hydrogen) atoms. The van der Waals surface area contributed by atoms with Gasteiger partial charge >= 0.3 is 0 Å². The third kappa shape index (κ3) is 10.7. The first-order valence-corrected chi connectivity index (χ1v) is 7.79. The van der Waals surface area contributed by atoms with Crippen molar-refractivity contribution >= 4 is 0 Å². The van der Waals surface area contributed by atoms with Crippen LogP contribution in [0.5, 0.6) is 0 Å². The van der Waals surface area contributed by atoms with Crippen molar-refractivity contribution < 1.29 is 0 Å². The fraction of sp³-hybridized carbons (Fsp3) is 0.647. The van der Waals surface area contributed by atoms with Crippen LogP contribution >= 0.6 is 0 Å². The summed E-state index contributed by atoms with van der Waals surface area (Å²) < 4.78 is 0. The summed E-state index contributed by atoms with van der Waals surface area (Å²) in [6.07, 6.45) is 2.49. The second-order valence-electron chi connectivity index (χ2n) is 4.06. The SMILES string of the molecule is CC.CC.CCCCNCc1cccc(C(C)N)c1. The van der Waals surface area contributed by atoms with Gasteiger partial charge < -0.3 is 11.1 Å². The molecule has 0 aromatic heterocycles. The van der Waals surface area contributed by atoms with E-state index in [4.69, 9.17) is 5.73 Å². The van der Waals surface area contributed by atoms with Crippen molar-refractivity contribution in [2.24, 2.45) is 5.73 Å². The predicted octanol–water partition coefficient (Wildman–Crippen LogP) is 4.65. The van der Waals surface area contributed by atoms with Crippen molar-refractivity contribution in [2.75, 3.05) is 6.54 Å². The Kier molecular flexibility index (Phi) is 16.4. The third-order valence-corrected chi connectivity index (χ3v) is 2.51. The summed E-state index contributed by atoms with van der Waals surface area (Å²) >= 11 is 0. The Morgan fingerprint density at radius 1 is 1.16 bits per heavy atom. The van der Waals surface area contributed by atoms with Gasteiger partial charge in [0.2, 0.25) is 0 Å². The Hall–Kier alpha value is -0.860. The van der Waals surface area contributed by atoms with Crippen molar-refractivity contribution in [1.82, 2.24) is 5.32 Å². The van der Waals surface area contributed by atoms with E-state index in [1.165, 1.54) is 24.0 Å². The molecule has 0 aliphatic carbocycles. The van der Waals surface area contributed by atoms with E-state index in [2.05, 4.69) is 36.5 Å². The van der Waals surface area contributed by atoms with Crippen LogP contribution in [-0.2, 0) is 6.54 Å². The molecule has 0 spiro atoms. The standard InChI is InChI=1S/C13H22N2.2C2H6/c1-3-4-8-15-10-12-6-5-7-13(9-12)11(2)14;2*1-2/h5-7,9,11,15H,3-4,8,10,14H2,1-2H3;2*1-2H3. The van der Waals surface area contributed by atoms with E-state index in [0.717, 1.165) is 13.1 Å². The van der Waals surface area contributed by atoms with Crippen molar-refractivity contribution in [3.05, 3.63) is 35.4 Å². The molecule has 0 saturated carbocycles. The molecule has 0 heterocycles. The Bertz CT molecular complexity index is 282. The summed E-state index contributed by atoms with van der Waals surface area (Å²) in [5, 5.41) is 3.43. The Morgan fingerprint density at radius 3 is 2.32 bits per heavy atom. The second kappa shape index (κ2) is 15.2. The van der Waals surface area contributed by atoms with Gasteiger partial charge in [0, 0.05) is 12.6 Å². The number of benzene rings is 1. The summed E-state index contributed by atoms with van der Waals surface area (Å²) in [6, 6.07) is 8.62. The van der Waals surface area contributed by atoms with Crippen LogP contribution in [0.15, 0.2) is 24.3 Å². The molecule has 0 aliphatic heterocycles. The van der Waals surface area contributed by atoms with Crippen LogP contribution in [0, 0.1) is 0 Å². The van der Waals surface area contributed by atoms with Gasteiger partial charge in [-0.2, -0.15) is 0 Å². The van der Waals surface area contributed by atoms with Gasteiger partial charge in [0.1, 0.15) is 0 Å². The van der Waals surface area contributed by atoms with Crippen LogP contribution < -0.4 is 11.1 Å². The van der Waals surface area contributed by atoms with E-state index in [-0.39, 0.29) is 6.04 Å². The zero-order valence-corrected chi connectivity index (χ0v) is 13.8. The van der Waals surface area contributed by atoms with Gasteiger partial charge in [-0.15, -0.1) is 0 Å². The highest BCUT2D eigenvalue weighted by Gasteiger charge is 1.99. The Labute approximate surface area is 120 Å². The molecule has 0 bridgehead atoms. The molecule has 1 rings (SSSR count). The highest BCUT2D eigenvalue weighted by molar-refractivity contribution is 5.25. The van der Waals surface area contributed by atoms with Gasteiger partial charge in [-0.25, -0.2) is 0 Å². The van der Waals surface area contributed by atoms with Crippen LogP contribution in [0.1, 0.15) is 71.6 Å². The van der Waals surface area contributed by atoms with E-state index >= 15 is 0 Å². The van der Waals surface area contributed by atoms with Gasteiger partial charge in [-0.1, -0.05) is 65.3 Å². The maximum Gasteiger partial charge on any atom is 0.0266 e. The lowest BCUT2D eigenvalue weighted by Gasteiger charge is -2.09. The molecule has 0 saturated heterocycles. The summed E-state index contributed by atoms with van der Waals surface area (Å²) in [7, 11) is 0. The lowest BCUT2D eigenvalue weighted by molar-refractivity contribution is 0.640. The largest absolute Gasteiger partial charge is 0.324 e. The van der Waals surface area contributed by atoms with Crippen molar-refractivity contribution in [2.45, 2.75) is 67.0 Å². The van der Waals surface area contributed by atoms with Crippen LogP contribution in [0.3, 0.4) is 0 Å². The number of nitrogens with one attached hydrogen (secondary N) is 1. The fourth-order valence-electron chi connectivity index (χ4n) is 1.52. The quantitative estimate of drug-likeness (QED) is 0.736. The van der Waals surface area contributed by atoms with Crippen LogP contribution in [0.2, 0.25) is 0 Å². The molecule has 0 amide bonds. The van der Waals surface area contributed by atoms with Gasteiger partial charge in [0.15, 0.2) is 0 Å². The van der Waals surface area contributed by atoms with Crippen LogP contribution in [-0.4, -0.2) is 6.54 Å². The molecular weight excluding hydrogens is 232 g/mol. The number of hydrogen-bond acceptors (Lipinski definition) is 2. The molecule has 2 nitrogen and oxygen atoms in total. The highest BCUT2D eigenvalue weighted by atomic mass is 14.8. The summed E-state index contributed by atoms with van der Waals surface area (Å²) in [4.78, 5) is 0. The van der Waals surface area contributed by atoms with Gasteiger partial charge in [0.25, 0.3) is 0 Å². The Balaban J connectivity index is 0. The topological polar surface area (TPSA) is 38.0 Å². The molecule has 3 N–H and O–H groups in total. The summed E-state index contributed by atoms with van der Waals surface area (Å²) in [6.45, 7) is 14.3. The van der Waals surface area contributed by atoms with E-state index in [1.807, 2.05) is 34.6 Å². The van der Waals surface area contributed by atoms with Crippen molar-refractivity contribution in [1.29, 1.82) is 0 Å². The molecular formula is C17H34N2. The maximum absolute atomic E-state index is 5.84. The first kappa shape index (κ1) is 20.5. The molecule has 0 radical (unpaired) electrons. The van der Waals surface area contributed by atoms with E-state index in [0.29, 0.717) is 0 Å². The molecule has 112 valence electrons. The normalized spacial score (nSPS) is 10.7. The molecule has 1 unspecified atom stereocenters. The van der Waals surface area contributed by atoms with Gasteiger partial charge in [0.05, 0.1) is 0 Å². The van der Waals surface area contributed by atoms with E-state index < -0.39 is 0 Å². The molecule has 1 aromatic rings. The number of hydrogen-bond donors (Lipinski definition) is 2. The minimum Gasteiger partial charge on any atom is -0.324 e. The molecule has 2 heteroatoms. The number of nitrogens with two attached hydrogens (primary N) is 1. The molecule has 0 fully saturated rings. The first-order valence-electron chi connectivity index (χ1n) is 7.79. The average molecular weight is 266 g/mol. The second-order valence-corrected chi connectivity index (χ2v) is 4.06. The Morgan fingerprint density at radius 2 is 1.79 bits per heavy atom. The monoisotopic (exact) mass is 266 g/mol.